The number of rotatable bonds is 40. The van der Waals surface area contributed by atoms with Crippen LogP contribution in [0.1, 0.15) is 258 Å². The van der Waals surface area contributed by atoms with Gasteiger partial charge < -0.3 is 30.0 Å². The van der Waals surface area contributed by atoms with Crippen LogP contribution in [-0.4, -0.2) is 57.4 Å². The fraction of sp³-hybridized carbons (Fsp3) is 0.955. The summed E-state index contributed by atoms with van der Waals surface area (Å²) in [6.07, 6.45) is 45.5. The number of carbonyl (C=O) groups excluding carboxylic acids is 2. The zero-order chi connectivity index (χ0) is 37.2. The van der Waals surface area contributed by atoms with Gasteiger partial charge in [0.2, 0.25) is 0 Å². The summed E-state index contributed by atoms with van der Waals surface area (Å²) in [5.41, 5.74) is 0. The second-order valence-corrected chi connectivity index (χ2v) is 15.3. The molecule has 0 aliphatic heterocycles. The van der Waals surface area contributed by atoms with Crippen molar-refractivity contribution >= 4 is 35.0 Å². The summed E-state index contributed by atoms with van der Waals surface area (Å²) in [7, 11) is 0. The summed E-state index contributed by atoms with van der Waals surface area (Å²) >= 11 is 0. The van der Waals surface area contributed by atoms with Crippen molar-refractivity contribution in [2.45, 2.75) is 270 Å². The number of unbranched alkanes of at least 4 members (excludes halogenated alkanes) is 34. The summed E-state index contributed by atoms with van der Waals surface area (Å²) in [6, 6.07) is 0. The standard InChI is InChI=1S/2C22H44O3.Mg/c2*1-2-3-4-5-6-7-8-9-10-11-12-13-14-15-16-17-18-19-20-21(23)22(24)25;/h2*21,23H,2-20H2,1H3,(H,24,25);/q;;+2/p-2. The van der Waals surface area contributed by atoms with Crippen molar-refractivity contribution in [2.24, 2.45) is 0 Å². The first kappa shape index (κ1) is 55.0. The number of aliphatic hydroxyl groups excluding tert-OH is 2. The molecule has 51 heavy (non-hydrogen) atoms. The van der Waals surface area contributed by atoms with Crippen LogP contribution in [0.15, 0.2) is 0 Å². The van der Waals surface area contributed by atoms with E-state index in [0.717, 1.165) is 38.5 Å². The van der Waals surface area contributed by atoms with E-state index in [4.69, 9.17) is 10.2 Å². The maximum atomic E-state index is 10.4. The molecule has 0 radical (unpaired) electrons. The Labute approximate surface area is 333 Å². The minimum atomic E-state index is -1.34. The Kier molecular flexibility index (Phi) is 51.4. The molecule has 0 aliphatic rings. The zero-order valence-corrected chi connectivity index (χ0v) is 35.7. The van der Waals surface area contributed by atoms with E-state index < -0.39 is 24.1 Å². The van der Waals surface area contributed by atoms with Gasteiger partial charge >= 0.3 is 23.1 Å². The normalized spacial score (nSPS) is 12.2. The second-order valence-electron chi connectivity index (χ2n) is 15.3. The van der Waals surface area contributed by atoms with Crippen LogP contribution in [0, 0.1) is 0 Å². The molecular weight excluding hydrogens is 649 g/mol. The molecule has 2 atom stereocenters. The number of hydrogen-bond acceptors (Lipinski definition) is 6. The molecule has 0 aromatic carbocycles. The molecule has 0 saturated heterocycles. The van der Waals surface area contributed by atoms with Crippen molar-refractivity contribution in [3.05, 3.63) is 0 Å². The van der Waals surface area contributed by atoms with Crippen LogP contribution in [-0.2, 0) is 9.59 Å². The van der Waals surface area contributed by atoms with Gasteiger partial charge in [0, 0.05) is 0 Å². The molecule has 2 N–H and O–H groups in total. The third kappa shape index (κ3) is 49.6. The fourth-order valence-corrected chi connectivity index (χ4v) is 6.71. The van der Waals surface area contributed by atoms with E-state index >= 15 is 0 Å². The first-order valence-electron chi connectivity index (χ1n) is 22.1. The van der Waals surface area contributed by atoms with Crippen molar-refractivity contribution in [3.63, 3.8) is 0 Å². The maximum Gasteiger partial charge on any atom is 2.00 e. The molecule has 7 heteroatoms. The van der Waals surface area contributed by atoms with E-state index in [9.17, 15) is 19.8 Å². The maximum absolute atomic E-state index is 10.4. The van der Waals surface area contributed by atoms with Gasteiger partial charge in [0.1, 0.15) is 0 Å². The van der Waals surface area contributed by atoms with E-state index in [1.807, 2.05) is 0 Å². The molecule has 0 aromatic heterocycles. The Morgan fingerprint density at radius 2 is 0.471 bits per heavy atom. The van der Waals surface area contributed by atoms with Crippen molar-refractivity contribution < 1.29 is 30.0 Å². The molecule has 0 aromatic rings. The number of hydrogen-bond donors (Lipinski definition) is 2. The van der Waals surface area contributed by atoms with Crippen LogP contribution < -0.4 is 10.2 Å². The van der Waals surface area contributed by atoms with Crippen molar-refractivity contribution in [1.29, 1.82) is 0 Å². The van der Waals surface area contributed by atoms with Gasteiger partial charge in [0.15, 0.2) is 0 Å². The van der Waals surface area contributed by atoms with Crippen LogP contribution in [0.5, 0.6) is 0 Å². The molecule has 0 heterocycles. The third-order valence-electron chi connectivity index (χ3n) is 10.2. The van der Waals surface area contributed by atoms with Crippen LogP contribution in [0.3, 0.4) is 0 Å². The Balaban J connectivity index is -0.000000886. The minimum Gasteiger partial charge on any atom is -0.547 e. The number of aliphatic carboxylic acids is 2. The minimum absolute atomic E-state index is 0. The predicted octanol–water partition coefficient (Wildman–Crippen LogP) is 10.7. The smallest absolute Gasteiger partial charge is 0.547 e. The Morgan fingerprint density at radius 3 is 0.608 bits per heavy atom. The molecule has 0 fully saturated rings. The summed E-state index contributed by atoms with van der Waals surface area (Å²) in [5.74, 6) is -2.68. The fourth-order valence-electron chi connectivity index (χ4n) is 6.71. The Hall–Kier alpha value is -0.374. The summed E-state index contributed by atoms with van der Waals surface area (Å²) in [6.45, 7) is 4.55. The van der Waals surface area contributed by atoms with E-state index in [1.165, 1.54) is 193 Å². The summed E-state index contributed by atoms with van der Waals surface area (Å²) in [5, 5.41) is 38.9. The number of carbonyl (C=O) groups is 2. The zero-order valence-electron chi connectivity index (χ0n) is 34.3. The van der Waals surface area contributed by atoms with Gasteiger partial charge in [-0.2, -0.15) is 0 Å². The molecule has 0 amide bonds. The van der Waals surface area contributed by atoms with E-state index in [-0.39, 0.29) is 23.1 Å². The summed E-state index contributed by atoms with van der Waals surface area (Å²) < 4.78 is 0. The molecule has 0 bridgehead atoms. The number of carboxylic acid groups (broad SMARTS) is 2. The molecule has 6 nitrogen and oxygen atoms in total. The average molecular weight is 735 g/mol. The largest absolute Gasteiger partial charge is 2.00 e. The topological polar surface area (TPSA) is 121 Å². The predicted molar refractivity (Wildman–Crippen MR) is 215 cm³/mol. The Bertz CT molecular complexity index is 620. The number of aliphatic hydroxyl groups is 2. The van der Waals surface area contributed by atoms with Gasteiger partial charge in [-0.15, -0.1) is 0 Å². The van der Waals surface area contributed by atoms with Crippen LogP contribution in [0.4, 0.5) is 0 Å². The molecule has 300 valence electrons. The SMILES string of the molecule is CCCCCCCCCCCCCCCCCCCCC(O)C(=O)[O-].CCCCCCCCCCCCCCCCCCCCC(O)C(=O)[O-].[Mg+2]. The first-order valence-corrected chi connectivity index (χ1v) is 22.1. The van der Waals surface area contributed by atoms with Gasteiger partial charge in [-0.3, -0.25) is 0 Å². The van der Waals surface area contributed by atoms with Gasteiger partial charge in [0.05, 0.1) is 24.1 Å². The van der Waals surface area contributed by atoms with Crippen molar-refractivity contribution in [1.82, 2.24) is 0 Å². The van der Waals surface area contributed by atoms with Crippen molar-refractivity contribution in [2.75, 3.05) is 0 Å². The van der Waals surface area contributed by atoms with E-state index in [2.05, 4.69) is 13.8 Å². The molecule has 2 unspecified atom stereocenters. The third-order valence-corrected chi connectivity index (χ3v) is 10.2. The summed E-state index contributed by atoms with van der Waals surface area (Å²) in [4.78, 5) is 20.7. The van der Waals surface area contributed by atoms with Gasteiger partial charge in [-0.1, -0.05) is 245 Å². The molecule has 0 rings (SSSR count). The second kappa shape index (κ2) is 47.6. The van der Waals surface area contributed by atoms with Gasteiger partial charge in [0.25, 0.3) is 0 Å². The van der Waals surface area contributed by atoms with Gasteiger partial charge in [-0.25, -0.2) is 0 Å². The quantitative estimate of drug-likeness (QED) is 0.0477. The molecule has 0 spiro atoms. The molecule has 0 aliphatic carbocycles. The average Bonchev–Trinajstić information content (AvgIpc) is 3.10. The number of carboxylic acids is 2. The monoisotopic (exact) mass is 735 g/mol. The van der Waals surface area contributed by atoms with Crippen LogP contribution in [0.2, 0.25) is 0 Å². The molecule has 0 saturated carbocycles. The van der Waals surface area contributed by atoms with Crippen molar-refractivity contribution in [3.8, 4) is 0 Å². The van der Waals surface area contributed by atoms with E-state index in [1.54, 1.807) is 0 Å². The molecular formula is C44H86MgO6. The Morgan fingerprint density at radius 1 is 0.333 bits per heavy atom. The van der Waals surface area contributed by atoms with Crippen LogP contribution >= 0.6 is 0 Å². The van der Waals surface area contributed by atoms with Gasteiger partial charge in [-0.05, 0) is 12.8 Å². The van der Waals surface area contributed by atoms with Crippen LogP contribution in [0.25, 0.3) is 0 Å². The first-order chi connectivity index (χ1) is 24.4. The van der Waals surface area contributed by atoms with E-state index in [0.29, 0.717) is 12.8 Å².